The fourth-order valence-electron chi connectivity index (χ4n) is 4.45. The van der Waals surface area contributed by atoms with E-state index in [-0.39, 0.29) is 5.92 Å². The van der Waals surface area contributed by atoms with Crippen LogP contribution in [-0.2, 0) is 6.42 Å². The minimum absolute atomic E-state index is 0.137. The van der Waals surface area contributed by atoms with Crippen molar-refractivity contribution in [3.8, 4) is 11.1 Å². The normalized spacial score (nSPS) is 16.3. The molecule has 0 aliphatic heterocycles. The van der Waals surface area contributed by atoms with Gasteiger partial charge in [-0.1, -0.05) is 73.7 Å². The zero-order valence-electron chi connectivity index (χ0n) is 14.8. The third kappa shape index (κ3) is 2.13. The molecule has 1 heteroatoms. The predicted octanol–water partition coefficient (Wildman–Crippen LogP) is 6.43. The van der Waals surface area contributed by atoms with Gasteiger partial charge >= 0.3 is 0 Å². The summed E-state index contributed by atoms with van der Waals surface area (Å²) in [5.41, 5.74) is 4.41. The maximum absolute atomic E-state index is 13.0. The highest BCUT2D eigenvalue weighted by atomic mass is 16.1. The van der Waals surface area contributed by atoms with Crippen LogP contribution in [-0.4, -0.2) is 5.78 Å². The molecule has 1 nitrogen and oxygen atoms in total. The first kappa shape index (κ1) is 15.3. The third-order valence-corrected chi connectivity index (χ3v) is 5.79. The molecule has 1 aliphatic rings. The monoisotopic (exact) mass is 336 g/mol. The largest absolute Gasteiger partial charge is 0.294 e. The Hall–Kier alpha value is -2.93. The van der Waals surface area contributed by atoms with Gasteiger partial charge in [-0.2, -0.15) is 0 Å². The average molecular weight is 336 g/mol. The summed E-state index contributed by atoms with van der Waals surface area (Å²) in [4.78, 5) is 13.0. The maximum atomic E-state index is 13.0. The Kier molecular flexibility index (Phi) is 3.43. The van der Waals surface area contributed by atoms with Crippen molar-refractivity contribution in [2.24, 2.45) is 5.92 Å². The van der Waals surface area contributed by atoms with E-state index in [0.717, 1.165) is 24.0 Å². The second-order valence-electron chi connectivity index (χ2n) is 7.20. The van der Waals surface area contributed by atoms with Gasteiger partial charge < -0.3 is 0 Å². The summed E-state index contributed by atoms with van der Waals surface area (Å²) in [6, 6.07) is 25.6. The van der Waals surface area contributed by atoms with Crippen LogP contribution in [0.15, 0.2) is 72.8 Å². The minimum atomic E-state index is 0.137. The molecule has 0 saturated heterocycles. The number of carbonyl (C=O) groups excluding carboxylic acids is 1. The van der Waals surface area contributed by atoms with Crippen LogP contribution in [0.4, 0.5) is 0 Å². The molecule has 26 heavy (non-hydrogen) atoms. The molecule has 4 aromatic carbocycles. The number of carbonyl (C=O) groups is 1. The number of fused-ring (bicyclic) bond motifs is 4. The maximum Gasteiger partial charge on any atom is 0.167 e. The van der Waals surface area contributed by atoms with E-state index >= 15 is 0 Å². The molecule has 1 aliphatic carbocycles. The molecule has 0 radical (unpaired) electrons. The molecule has 4 aromatic rings. The van der Waals surface area contributed by atoms with Gasteiger partial charge in [0, 0.05) is 11.5 Å². The van der Waals surface area contributed by atoms with Gasteiger partial charge in [-0.05, 0) is 57.1 Å². The lowest BCUT2D eigenvalue weighted by molar-refractivity contribution is 0.0934. The van der Waals surface area contributed by atoms with Crippen LogP contribution in [0, 0.1) is 5.92 Å². The van der Waals surface area contributed by atoms with E-state index in [0.29, 0.717) is 5.78 Å². The molecule has 1 atom stereocenters. The number of hydrogen-bond donors (Lipinski definition) is 0. The Labute approximate surface area is 153 Å². The number of ketones is 1. The Morgan fingerprint density at radius 1 is 0.808 bits per heavy atom. The van der Waals surface area contributed by atoms with E-state index in [1.165, 1.54) is 32.7 Å². The van der Waals surface area contributed by atoms with Crippen LogP contribution < -0.4 is 0 Å². The highest BCUT2D eigenvalue weighted by Crippen LogP contribution is 2.40. The molecule has 0 N–H and O–H groups in total. The number of benzene rings is 4. The van der Waals surface area contributed by atoms with Gasteiger partial charge in [-0.3, -0.25) is 4.79 Å². The van der Waals surface area contributed by atoms with Gasteiger partial charge in [-0.15, -0.1) is 0 Å². The fourth-order valence-corrected chi connectivity index (χ4v) is 4.45. The zero-order chi connectivity index (χ0) is 17.7. The number of Topliss-reactive ketones (excluding diaryl/α,β-unsaturated/α-hetero) is 1. The van der Waals surface area contributed by atoms with Crippen molar-refractivity contribution in [1.29, 1.82) is 0 Å². The molecular weight excluding hydrogens is 316 g/mol. The van der Waals surface area contributed by atoms with Gasteiger partial charge in [0.25, 0.3) is 0 Å². The summed E-state index contributed by atoms with van der Waals surface area (Å²) in [5, 5.41) is 4.94. The molecule has 0 heterocycles. The van der Waals surface area contributed by atoms with Crippen LogP contribution in [0.5, 0.6) is 0 Å². The lowest BCUT2D eigenvalue weighted by Crippen LogP contribution is -2.07. The van der Waals surface area contributed by atoms with Crippen molar-refractivity contribution >= 4 is 27.3 Å². The molecule has 1 unspecified atom stereocenters. The molecule has 0 fully saturated rings. The van der Waals surface area contributed by atoms with Crippen molar-refractivity contribution in [3.63, 3.8) is 0 Å². The van der Waals surface area contributed by atoms with Crippen LogP contribution in [0.1, 0.15) is 29.3 Å². The molecule has 126 valence electrons. The number of hydrogen-bond acceptors (Lipinski definition) is 1. The predicted molar refractivity (Wildman–Crippen MR) is 109 cm³/mol. The second kappa shape index (κ2) is 5.81. The van der Waals surface area contributed by atoms with E-state index in [9.17, 15) is 4.79 Å². The van der Waals surface area contributed by atoms with Crippen LogP contribution in [0.25, 0.3) is 32.7 Å². The van der Waals surface area contributed by atoms with Gasteiger partial charge in [0.2, 0.25) is 0 Å². The SMILES string of the molecule is CCC1Cc2cccc(-c3cc4ccccc4c4ccccc34)c2C1=O. The second-order valence-corrected chi connectivity index (χ2v) is 7.20. The summed E-state index contributed by atoms with van der Waals surface area (Å²) >= 11 is 0. The van der Waals surface area contributed by atoms with Gasteiger partial charge in [-0.25, -0.2) is 0 Å². The first-order valence-electron chi connectivity index (χ1n) is 9.35. The lowest BCUT2D eigenvalue weighted by Gasteiger charge is -2.14. The highest BCUT2D eigenvalue weighted by molar-refractivity contribution is 6.16. The van der Waals surface area contributed by atoms with Gasteiger partial charge in [0.1, 0.15) is 0 Å². The van der Waals surface area contributed by atoms with Crippen molar-refractivity contribution in [2.75, 3.05) is 0 Å². The van der Waals surface area contributed by atoms with Crippen LogP contribution in [0.3, 0.4) is 0 Å². The van der Waals surface area contributed by atoms with Gasteiger partial charge in [0.05, 0.1) is 0 Å². The summed E-state index contributed by atoms with van der Waals surface area (Å²) in [6.07, 6.45) is 1.79. The first-order valence-corrected chi connectivity index (χ1v) is 9.35. The van der Waals surface area contributed by atoms with E-state index in [1.54, 1.807) is 0 Å². The fraction of sp³-hybridized carbons (Fsp3) is 0.160. The standard InChI is InChI=1S/C25H20O/c1-2-16-14-18-9-7-13-22(24(18)25(16)26)23-15-17-8-3-4-10-19(17)20-11-5-6-12-21(20)23/h3-13,15-16H,2,14H2,1H3. The zero-order valence-corrected chi connectivity index (χ0v) is 14.8. The Morgan fingerprint density at radius 3 is 2.35 bits per heavy atom. The molecule has 0 spiro atoms. The lowest BCUT2D eigenvalue weighted by atomic mass is 9.89. The van der Waals surface area contributed by atoms with E-state index < -0.39 is 0 Å². The van der Waals surface area contributed by atoms with Crippen LogP contribution in [0.2, 0.25) is 0 Å². The molecule has 0 aromatic heterocycles. The molecule has 0 saturated carbocycles. The molecular formula is C25H20O. The van der Waals surface area contributed by atoms with Gasteiger partial charge in [0.15, 0.2) is 5.78 Å². The molecule has 5 rings (SSSR count). The topological polar surface area (TPSA) is 17.1 Å². The van der Waals surface area contributed by atoms with E-state index in [1.807, 2.05) is 0 Å². The van der Waals surface area contributed by atoms with Crippen molar-refractivity contribution in [1.82, 2.24) is 0 Å². The molecule has 0 bridgehead atoms. The number of rotatable bonds is 2. The summed E-state index contributed by atoms with van der Waals surface area (Å²) in [7, 11) is 0. The van der Waals surface area contributed by atoms with Crippen molar-refractivity contribution < 1.29 is 4.79 Å². The minimum Gasteiger partial charge on any atom is -0.294 e. The Bertz CT molecular complexity index is 1170. The quantitative estimate of drug-likeness (QED) is 0.386. The smallest absolute Gasteiger partial charge is 0.167 e. The van der Waals surface area contributed by atoms with Crippen LogP contribution >= 0.6 is 0 Å². The summed E-state index contributed by atoms with van der Waals surface area (Å²) < 4.78 is 0. The van der Waals surface area contributed by atoms with E-state index in [4.69, 9.17) is 0 Å². The van der Waals surface area contributed by atoms with Crippen molar-refractivity contribution in [2.45, 2.75) is 19.8 Å². The summed E-state index contributed by atoms with van der Waals surface area (Å²) in [5.74, 6) is 0.452. The Morgan fingerprint density at radius 2 is 1.54 bits per heavy atom. The third-order valence-electron chi connectivity index (χ3n) is 5.79. The van der Waals surface area contributed by atoms with E-state index in [2.05, 4.69) is 79.7 Å². The molecule has 0 amide bonds. The highest BCUT2D eigenvalue weighted by Gasteiger charge is 2.31. The summed E-state index contributed by atoms with van der Waals surface area (Å²) in [6.45, 7) is 2.11. The first-order chi connectivity index (χ1) is 12.8. The van der Waals surface area contributed by atoms with Crippen molar-refractivity contribution in [3.05, 3.63) is 83.9 Å². The Balaban J connectivity index is 1.87. The average Bonchev–Trinajstić information content (AvgIpc) is 3.03.